The quantitative estimate of drug-likeness (QED) is 0.880. The molecule has 0 aromatic heterocycles. The molecular formula is C19H21FN2O2S. The fraction of sp³-hybridized carbons (Fsp3) is 0.316. The molecule has 1 heterocycles. The van der Waals surface area contributed by atoms with Crippen LogP contribution in [0, 0.1) is 5.82 Å². The maximum atomic E-state index is 13.6. The molecule has 0 bridgehead atoms. The first-order valence-electron chi connectivity index (χ1n) is 8.32. The number of anilines is 1. The highest BCUT2D eigenvalue weighted by molar-refractivity contribution is 7.99. The Morgan fingerprint density at radius 2 is 1.92 bits per heavy atom. The molecule has 1 saturated heterocycles. The van der Waals surface area contributed by atoms with Crippen molar-refractivity contribution in [1.29, 1.82) is 0 Å². The van der Waals surface area contributed by atoms with Gasteiger partial charge in [0.2, 0.25) is 0 Å². The van der Waals surface area contributed by atoms with Crippen molar-refractivity contribution in [3.05, 3.63) is 59.9 Å². The molecule has 25 heavy (non-hydrogen) atoms. The molecule has 0 saturated carbocycles. The summed E-state index contributed by atoms with van der Waals surface area (Å²) in [6, 6.07) is 13.6. The number of nitrogens with zero attached hydrogens (tertiary/aromatic N) is 1. The van der Waals surface area contributed by atoms with Crippen molar-refractivity contribution in [3.63, 3.8) is 0 Å². The van der Waals surface area contributed by atoms with Crippen LogP contribution in [0.15, 0.2) is 48.5 Å². The highest BCUT2D eigenvalue weighted by Gasteiger charge is 2.15. The van der Waals surface area contributed by atoms with Gasteiger partial charge in [-0.1, -0.05) is 18.2 Å². The van der Waals surface area contributed by atoms with E-state index in [9.17, 15) is 9.18 Å². The average molecular weight is 360 g/mol. The monoisotopic (exact) mass is 360 g/mol. The minimum absolute atomic E-state index is 0.0671. The molecule has 0 unspecified atom stereocenters. The van der Waals surface area contributed by atoms with Gasteiger partial charge >= 0.3 is 6.03 Å². The zero-order valence-corrected chi connectivity index (χ0v) is 14.7. The van der Waals surface area contributed by atoms with Gasteiger partial charge in [-0.05, 0) is 42.5 Å². The Hall–Kier alpha value is -2.21. The number of ether oxygens (including phenoxy) is 1. The predicted octanol–water partition coefficient (Wildman–Crippen LogP) is 4.38. The highest BCUT2D eigenvalue weighted by Crippen LogP contribution is 2.19. The molecule has 0 atom stereocenters. The van der Waals surface area contributed by atoms with Gasteiger partial charge in [0, 0.05) is 30.1 Å². The van der Waals surface area contributed by atoms with Crippen LogP contribution in [0.4, 0.5) is 14.9 Å². The number of benzene rings is 2. The van der Waals surface area contributed by atoms with Crippen LogP contribution in [-0.4, -0.2) is 35.5 Å². The van der Waals surface area contributed by atoms with E-state index in [0.717, 1.165) is 36.7 Å². The van der Waals surface area contributed by atoms with E-state index in [1.807, 2.05) is 16.7 Å². The van der Waals surface area contributed by atoms with Crippen molar-refractivity contribution >= 4 is 23.5 Å². The van der Waals surface area contributed by atoms with Crippen LogP contribution in [0.3, 0.4) is 0 Å². The molecule has 1 fully saturated rings. The molecular weight excluding hydrogens is 339 g/mol. The Kier molecular flexibility index (Phi) is 6.17. The first kappa shape index (κ1) is 17.6. The van der Waals surface area contributed by atoms with E-state index in [1.165, 1.54) is 6.07 Å². The summed E-state index contributed by atoms with van der Waals surface area (Å²) in [6.07, 6.45) is 1.03. The Morgan fingerprint density at radius 1 is 1.12 bits per heavy atom. The number of urea groups is 1. The third kappa shape index (κ3) is 5.13. The summed E-state index contributed by atoms with van der Waals surface area (Å²) < 4.78 is 19.2. The predicted molar refractivity (Wildman–Crippen MR) is 99.7 cm³/mol. The first-order chi connectivity index (χ1) is 12.2. The summed E-state index contributed by atoms with van der Waals surface area (Å²) in [5.41, 5.74) is 1.24. The average Bonchev–Trinajstić information content (AvgIpc) is 2.92. The molecule has 4 nitrogen and oxygen atoms in total. The lowest BCUT2D eigenvalue weighted by atomic mass is 10.2. The zero-order valence-electron chi connectivity index (χ0n) is 13.9. The summed E-state index contributed by atoms with van der Waals surface area (Å²) in [7, 11) is 0. The van der Waals surface area contributed by atoms with Crippen LogP contribution >= 0.6 is 11.8 Å². The second kappa shape index (κ2) is 8.76. The summed E-state index contributed by atoms with van der Waals surface area (Å²) in [5.74, 6) is 2.45. The summed E-state index contributed by atoms with van der Waals surface area (Å²) in [5, 5.41) is 2.91. The number of amides is 2. The summed E-state index contributed by atoms with van der Waals surface area (Å²) in [6.45, 7) is 1.74. The summed E-state index contributed by atoms with van der Waals surface area (Å²) >= 11 is 1.88. The molecule has 6 heteroatoms. The highest BCUT2D eigenvalue weighted by atomic mass is 32.2. The molecule has 2 amide bonds. The van der Waals surface area contributed by atoms with Crippen LogP contribution < -0.4 is 10.1 Å². The number of halogens is 1. The van der Waals surface area contributed by atoms with Crippen molar-refractivity contribution in [2.75, 3.05) is 29.9 Å². The van der Waals surface area contributed by atoms with Crippen LogP contribution in [0.5, 0.6) is 5.75 Å². The van der Waals surface area contributed by atoms with Crippen LogP contribution in [-0.2, 0) is 6.61 Å². The normalized spacial score (nSPS) is 14.7. The third-order valence-electron chi connectivity index (χ3n) is 3.97. The van der Waals surface area contributed by atoms with Gasteiger partial charge < -0.3 is 15.0 Å². The van der Waals surface area contributed by atoms with Gasteiger partial charge in [0.25, 0.3) is 0 Å². The van der Waals surface area contributed by atoms with Crippen LogP contribution in [0.25, 0.3) is 0 Å². The molecule has 1 N–H and O–H groups in total. The van der Waals surface area contributed by atoms with Crippen LogP contribution in [0.2, 0.25) is 0 Å². The molecule has 1 aliphatic heterocycles. The third-order valence-corrected chi connectivity index (χ3v) is 5.02. The fourth-order valence-electron chi connectivity index (χ4n) is 2.56. The Balaban J connectivity index is 1.53. The van der Waals surface area contributed by atoms with Crippen molar-refractivity contribution in [3.8, 4) is 5.75 Å². The number of carbonyl (C=O) groups is 1. The lowest BCUT2D eigenvalue weighted by Gasteiger charge is -2.20. The Labute approximate surface area is 151 Å². The second-order valence-electron chi connectivity index (χ2n) is 5.79. The molecule has 0 aliphatic carbocycles. The Bertz CT molecular complexity index is 701. The first-order valence-corrected chi connectivity index (χ1v) is 9.48. The Morgan fingerprint density at radius 3 is 2.72 bits per heavy atom. The number of rotatable bonds is 4. The number of hydrogen-bond donors (Lipinski definition) is 1. The van der Waals surface area contributed by atoms with Gasteiger partial charge in [-0.15, -0.1) is 0 Å². The van der Waals surface area contributed by atoms with Crippen molar-refractivity contribution < 1.29 is 13.9 Å². The largest absolute Gasteiger partial charge is 0.489 e. The van der Waals surface area contributed by atoms with Gasteiger partial charge in [0.05, 0.1) is 0 Å². The van der Waals surface area contributed by atoms with E-state index >= 15 is 0 Å². The fourth-order valence-corrected chi connectivity index (χ4v) is 3.45. The molecule has 0 radical (unpaired) electrons. The van der Waals surface area contributed by atoms with Gasteiger partial charge in [0.1, 0.15) is 18.2 Å². The lowest BCUT2D eigenvalue weighted by Crippen LogP contribution is -2.36. The number of nitrogens with one attached hydrogen (secondary N) is 1. The van der Waals surface area contributed by atoms with E-state index in [4.69, 9.17) is 4.74 Å². The molecule has 2 aromatic rings. The minimum Gasteiger partial charge on any atom is -0.489 e. The zero-order chi connectivity index (χ0) is 17.5. The number of carbonyl (C=O) groups excluding carboxylic acids is 1. The molecule has 132 valence electrons. The number of hydrogen-bond acceptors (Lipinski definition) is 3. The van der Waals surface area contributed by atoms with E-state index in [-0.39, 0.29) is 18.5 Å². The second-order valence-corrected chi connectivity index (χ2v) is 7.01. The standard InChI is InChI=1S/C19H21FN2O2S/c20-18-5-2-1-4-15(18)14-24-17-8-6-16(7-9-17)21-19(23)22-10-3-12-25-13-11-22/h1-2,4-9H,3,10-14H2,(H,21,23). The molecule has 3 rings (SSSR count). The smallest absolute Gasteiger partial charge is 0.321 e. The maximum Gasteiger partial charge on any atom is 0.321 e. The van der Waals surface area contributed by atoms with E-state index in [0.29, 0.717) is 11.3 Å². The van der Waals surface area contributed by atoms with Crippen molar-refractivity contribution in [1.82, 2.24) is 4.90 Å². The van der Waals surface area contributed by atoms with Crippen LogP contribution in [0.1, 0.15) is 12.0 Å². The lowest BCUT2D eigenvalue weighted by molar-refractivity contribution is 0.216. The molecule has 1 aliphatic rings. The van der Waals surface area contributed by atoms with Crippen molar-refractivity contribution in [2.45, 2.75) is 13.0 Å². The van der Waals surface area contributed by atoms with Crippen molar-refractivity contribution in [2.24, 2.45) is 0 Å². The number of thioether (sulfide) groups is 1. The SMILES string of the molecule is O=C(Nc1ccc(OCc2ccccc2F)cc1)N1CCCSCC1. The van der Waals surface area contributed by atoms with Gasteiger partial charge in [-0.25, -0.2) is 9.18 Å². The van der Waals surface area contributed by atoms with Gasteiger partial charge in [-0.3, -0.25) is 0 Å². The molecule has 2 aromatic carbocycles. The summed E-state index contributed by atoms with van der Waals surface area (Å²) in [4.78, 5) is 14.1. The minimum atomic E-state index is -0.276. The molecule has 0 spiro atoms. The maximum absolute atomic E-state index is 13.6. The van der Waals surface area contributed by atoms with E-state index in [2.05, 4.69) is 5.32 Å². The van der Waals surface area contributed by atoms with Gasteiger partial charge in [0.15, 0.2) is 0 Å². The van der Waals surface area contributed by atoms with Gasteiger partial charge in [-0.2, -0.15) is 11.8 Å². The van der Waals surface area contributed by atoms with E-state index in [1.54, 1.807) is 42.5 Å². The van der Waals surface area contributed by atoms with E-state index < -0.39 is 0 Å². The topological polar surface area (TPSA) is 41.6 Å².